The predicted octanol–water partition coefficient (Wildman–Crippen LogP) is 17.2. The van der Waals surface area contributed by atoms with Gasteiger partial charge in [-0.05, 0) is 51.4 Å². The van der Waals surface area contributed by atoms with E-state index in [1.807, 2.05) is 0 Å². The molecule has 11 nitrogen and oxygen atoms in total. The highest BCUT2D eigenvalue weighted by molar-refractivity contribution is 5.80. The van der Waals surface area contributed by atoms with Gasteiger partial charge >= 0.3 is 0 Å². The summed E-state index contributed by atoms with van der Waals surface area (Å²) in [5.41, 5.74) is 0. The minimum atomic E-state index is -1.67. The van der Waals surface area contributed by atoms with Crippen LogP contribution in [0.4, 0.5) is 0 Å². The van der Waals surface area contributed by atoms with Gasteiger partial charge in [0.1, 0.15) is 36.6 Å². The minimum absolute atomic E-state index is 0.249. The molecule has 8 N–H and O–H groups in total. The number of carbonyl (C=O) groups excluding carboxylic acids is 1. The molecule has 0 aromatic rings. The maximum Gasteiger partial charge on any atom is 0.249 e. The number of hydrogen-bond acceptors (Lipinski definition) is 10. The second-order valence-electron chi connectivity index (χ2n) is 25.3. The van der Waals surface area contributed by atoms with E-state index in [-0.39, 0.29) is 12.8 Å². The van der Waals surface area contributed by atoms with Crippen LogP contribution in [0.1, 0.15) is 354 Å². The SMILES string of the molecule is CCCCCCCCCCCCCC/C=C/CC/C=C/CCCC(O)C(O)C(COC1OC(CO)C(O)C(O)C1O)NC(=O)C(O)CCCCCCCCCCCCCCCCCCCCCCCCCCCCCCCCCCCC. The lowest BCUT2D eigenvalue weighted by Gasteiger charge is -2.40. The van der Waals surface area contributed by atoms with Crippen LogP contribution < -0.4 is 5.32 Å². The molecular formula is C71H137NO10. The summed E-state index contributed by atoms with van der Waals surface area (Å²) in [6.07, 6.45) is 64.2. The van der Waals surface area contributed by atoms with Crippen molar-refractivity contribution in [1.82, 2.24) is 5.32 Å². The summed E-state index contributed by atoms with van der Waals surface area (Å²) in [5.74, 6) is -0.703. The topological polar surface area (TPSA) is 189 Å². The van der Waals surface area contributed by atoms with Gasteiger partial charge in [-0.2, -0.15) is 0 Å². The molecule has 0 saturated carbocycles. The average Bonchev–Trinajstić information content (AvgIpc) is 3.49. The molecule has 0 spiro atoms. The molecule has 1 aliphatic rings. The summed E-state index contributed by atoms with van der Waals surface area (Å²) in [7, 11) is 0. The van der Waals surface area contributed by atoms with Gasteiger partial charge in [0.2, 0.25) is 5.91 Å². The molecule has 1 rings (SSSR count). The zero-order valence-corrected chi connectivity index (χ0v) is 53.8. The molecule has 9 atom stereocenters. The van der Waals surface area contributed by atoms with E-state index in [0.717, 1.165) is 38.5 Å². The highest BCUT2D eigenvalue weighted by atomic mass is 16.7. The number of allylic oxidation sites excluding steroid dienone is 4. The minimum Gasteiger partial charge on any atom is -0.394 e. The third-order valence-electron chi connectivity index (χ3n) is 17.5. The molecule has 0 aliphatic carbocycles. The first-order valence-electron chi connectivity index (χ1n) is 35.7. The van der Waals surface area contributed by atoms with Gasteiger partial charge in [0, 0.05) is 0 Å². The van der Waals surface area contributed by atoms with E-state index in [1.165, 1.54) is 270 Å². The summed E-state index contributed by atoms with van der Waals surface area (Å²) >= 11 is 0. The van der Waals surface area contributed by atoms with E-state index < -0.39 is 74.2 Å². The van der Waals surface area contributed by atoms with E-state index in [0.29, 0.717) is 19.3 Å². The van der Waals surface area contributed by atoms with E-state index >= 15 is 0 Å². The molecule has 0 aromatic heterocycles. The van der Waals surface area contributed by atoms with Crippen LogP contribution >= 0.6 is 0 Å². The van der Waals surface area contributed by atoms with Crippen LogP contribution in [-0.4, -0.2) is 110 Å². The van der Waals surface area contributed by atoms with Crippen LogP contribution in [0, 0.1) is 0 Å². The number of rotatable bonds is 63. The predicted molar refractivity (Wildman–Crippen MR) is 344 cm³/mol. The van der Waals surface area contributed by atoms with Gasteiger partial charge in [-0.3, -0.25) is 4.79 Å². The fourth-order valence-corrected chi connectivity index (χ4v) is 11.8. The van der Waals surface area contributed by atoms with Gasteiger partial charge in [-0.15, -0.1) is 0 Å². The van der Waals surface area contributed by atoms with E-state index in [2.05, 4.69) is 43.5 Å². The number of nitrogens with one attached hydrogen (secondary N) is 1. The maximum absolute atomic E-state index is 13.2. The molecule has 0 radical (unpaired) electrons. The monoisotopic (exact) mass is 1160 g/mol. The van der Waals surface area contributed by atoms with Gasteiger partial charge in [0.25, 0.3) is 0 Å². The van der Waals surface area contributed by atoms with Crippen LogP contribution in [0.25, 0.3) is 0 Å². The van der Waals surface area contributed by atoms with Gasteiger partial charge in [0.05, 0.1) is 25.4 Å². The molecule has 1 aliphatic heterocycles. The first-order chi connectivity index (χ1) is 40.2. The van der Waals surface area contributed by atoms with Crippen molar-refractivity contribution < 1.29 is 50.0 Å². The zero-order chi connectivity index (χ0) is 59.6. The lowest BCUT2D eigenvalue weighted by atomic mass is 9.98. The van der Waals surface area contributed by atoms with Gasteiger partial charge in [0.15, 0.2) is 6.29 Å². The standard InChI is InChI=1S/C71H137NO10/c1-3-5-7-9-11-13-15-17-19-21-23-25-26-27-28-29-30-31-32-33-34-35-36-37-39-41-43-45-47-49-51-53-55-57-59-64(75)70(80)72-62(61-81-71-69(79)68(78)67(77)65(60-73)82-71)66(76)63(74)58-56-54-52-50-48-46-44-42-40-38-24-22-20-18-16-14-12-10-8-6-4-2/h42,44,50,52,62-69,71,73-79H,3-41,43,45-49,51,53-61H2,1-2H3,(H,72,80)/b44-42+,52-50+. The Labute approximate surface area is 505 Å². The fourth-order valence-electron chi connectivity index (χ4n) is 11.8. The molecular weight excluding hydrogens is 1030 g/mol. The molecule has 82 heavy (non-hydrogen) atoms. The van der Waals surface area contributed by atoms with Crippen molar-refractivity contribution in [3.63, 3.8) is 0 Å². The van der Waals surface area contributed by atoms with Crippen LogP contribution in [0.3, 0.4) is 0 Å². The Morgan fingerprint density at radius 2 is 0.732 bits per heavy atom. The summed E-state index contributed by atoms with van der Waals surface area (Å²) < 4.78 is 11.2. The number of carbonyl (C=O) groups is 1. The lowest BCUT2D eigenvalue weighted by Crippen LogP contribution is -2.60. The van der Waals surface area contributed by atoms with Gasteiger partial charge < -0.3 is 50.5 Å². The molecule has 486 valence electrons. The van der Waals surface area contributed by atoms with Crippen LogP contribution in [0.15, 0.2) is 24.3 Å². The van der Waals surface area contributed by atoms with Crippen molar-refractivity contribution in [2.45, 2.75) is 409 Å². The summed E-state index contributed by atoms with van der Waals surface area (Å²) in [4.78, 5) is 13.2. The van der Waals surface area contributed by atoms with Crippen molar-refractivity contribution >= 4 is 5.91 Å². The molecule has 1 saturated heterocycles. The van der Waals surface area contributed by atoms with Crippen molar-refractivity contribution in [3.8, 4) is 0 Å². The van der Waals surface area contributed by atoms with Gasteiger partial charge in [-0.1, -0.05) is 327 Å². The lowest BCUT2D eigenvalue weighted by molar-refractivity contribution is -0.303. The first-order valence-corrected chi connectivity index (χ1v) is 35.7. The Balaban J connectivity index is 2.17. The molecule has 1 fully saturated rings. The first kappa shape index (κ1) is 78.6. The second-order valence-corrected chi connectivity index (χ2v) is 25.3. The molecule has 0 aromatic carbocycles. The van der Waals surface area contributed by atoms with E-state index in [4.69, 9.17) is 9.47 Å². The van der Waals surface area contributed by atoms with Crippen molar-refractivity contribution in [2.75, 3.05) is 13.2 Å². The number of unbranched alkanes of at least 4 members (excludes halogenated alkanes) is 47. The van der Waals surface area contributed by atoms with Crippen molar-refractivity contribution in [1.29, 1.82) is 0 Å². The van der Waals surface area contributed by atoms with Crippen LogP contribution in [0.5, 0.6) is 0 Å². The molecule has 1 heterocycles. The smallest absolute Gasteiger partial charge is 0.249 e. The number of aliphatic hydroxyl groups is 7. The van der Waals surface area contributed by atoms with Crippen LogP contribution in [-0.2, 0) is 14.3 Å². The third-order valence-corrected chi connectivity index (χ3v) is 17.5. The fraction of sp³-hybridized carbons (Fsp3) is 0.930. The second kappa shape index (κ2) is 59.9. The summed E-state index contributed by atoms with van der Waals surface area (Å²) in [6, 6.07) is -1.19. The number of amides is 1. The average molecular weight is 1160 g/mol. The zero-order valence-electron chi connectivity index (χ0n) is 53.8. The van der Waals surface area contributed by atoms with E-state index in [1.54, 1.807) is 0 Å². The Kier molecular flexibility index (Phi) is 57.4. The Morgan fingerprint density at radius 1 is 0.415 bits per heavy atom. The summed E-state index contributed by atoms with van der Waals surface area (Å²) in [6.45, 7) is 3.49. The molecule has 1 amide bonds. The number of ether oxygens (including phenoxy) is 2. The molecule has 0 bridgehead atoms. The molecule has 11 heteroatoms. The highest BCUT2D eigenvalue weighted by Crippen LogP contribution is 2.24. The Morgan fingerprint density at radius 3 is 1.09 bits per heavy atom. The van der Waals surface area contributed by atoms with E-state index in [9.17, 15) is 40.5 Å². The highest BCUT2D eigenvalue weighted by Gasteiger charge is 2.44. The Bertz CT molecular complexity index is 1380. The number of aliphatic hydroxyl groups excluding tert-OH is 7. The Hall–Kier alpha value is -1.41. The van der Waals surface area contributed by atoms with Crippen molar-refractivity contribution in [3.05, 3.63) is 24.3 Å². The molecule has 9 unspecified atom stereocenters. The van der Waals surface area contributed by atoms with Crippen molar-refractivity contribution in [2.24, 2.45) is 0 Å². The van der Waals surface area contributed by atoms with Gasteiger partial charge in [-0.25, -0.2) is 0 Å². The maximum atomic E-state index is 13.2. The normalized spacial score (nSPS) is 19.2. The third kappa shape index (κ3) is 46.8. The number of hydrogen-bond donors (Lipinski definition) is 8. The largest absolute Gasteiger partial charge is 0.394 e. The van der Waals surface area contributed by atoms with Crippen LogP contribution in [0.2, 0.25) is 0 Å². The quantitative estimate of drug-likeness (QED) is 0.0215. The summed E-state index contributed by atoms with van der Waals surface area (Å²) in [5, 5.41) is 76.4.